The first-order chi connectivity index (χ1) is 16.3. The lowest BCUT2D eigenvalue weighted by atomic mass is 9.73. The molecular weight excluding hydrogens is 434 g/mol. The molecule has 3 N–H and O–H groups in total. The van der Waals surface area contributed by atoms with Crippen molar-refractivity contribution in [2.45, 2.75) is 62.7 Å². The molecule has 0 bridgehead atoms. The van der Waals surface area contributed by atoms with E-state index in [1.165, 1.54) is 12.7 Å². The summed E-state index contributed by atoms with van der Waals surface area (Å²) in [5, 5.41) is 11.8. The number of piperidine rings is 1. The SMILES string of the molecule is C[N+]1(C(C(N)=O)c2ncncn2)CCC(OC(=O)C(O)(c2ccccc2)C2CCCCC2)CC1. The van der Waals surface area contributed by atoms with Crippen LogP contribution in [0.5, 0.6) is 0 Å². The highest BCUT2D eigenvalue weighted by Crippen LogP contribution is 2.41. The van der Waals surface area contributed by atoms with Crippen molar-refractivity contribution in [2.75, 3.05) is 20.1 Å². The second-order valence-electron chi connectivity index (χ2n) is 9.80. The molecular formula is C25H34N5O4+. The van der Waals surface area contributed by atoms with Gasteiger partial charge in [-0.3, -0.25) is 4.79 Å². The number of nitrogens with two attached hydrogens (primary N) is 1. The van der Waals surface area contributed by atoms with Gasteiger partial charge in [0.1, 0.15) is 18.8 Å². The fourth-order valence-corrected chi connectivity index (χ4v) is 5.59. The summed E-state index contributed by atoms with van der Waals surface area (Å²) in [6.07, 6.45) is 8.18. The minimum Gasteiger partial charge on any atom is -0.460 e. The van der Waals surface area contributed by atoms with E-state index in [0.29, 0.717) is 41.8 Å². The van der Waals surface area contributed by atoms with Gasteiger partial charge in [0.05, 0.1) is 20.1 Å². The molecule has 1 amide bonds. The Morgan fingerprint density at radius 1 is 1.06 bits per heavy atom. The van der Waals surface area contributed by atoms with Crippen LogP contribution in [0.4, 0.5) is 0 Å². The number of likely N-dealkylation sites (N-methyl/N-ethyl adjacent to an activating group) is 1. The molecule has 1 saturated heterocycles. The zero-order valence-electron chi connectivity index (χ0n) is 19.7. The number of likely N-dealkylation sites (tertiary alicyclic amines) is 1. The van der Waals surface area contributed by atoms with Gasteiger partial charge in [-0.15, -0.1) is 0 Å². The monoisotopic (exact) mass is 468 g/mol. The molecule has 2 fully saturated rings. The predicted molar refractivity (Wildman–Crippen MR) is 124 cm³/mol. The molecule has 4 rings (SSSR count). The lowest BCUT2D eigenvalue weighted by molar-refractivity contribution is -0.936. The third-order valence-corrected chi connectivity index (χ3v) is 7.57. The van der Waals surface area contributed by atoms with Gasteiger partial charge in [0.25, 0.3) is 5.91 Å². The number of carbonyl (C=O) groups excluding carboxylic acids is 2. The first-order valence-electron chi connectivity index (χ1n) is 12.1. The quantitative estimate of drug-likeness (QED) is 0.470. The van der Waals surface area contributed by atoms with Crippen LogP contribution in [0.15, 0.2) is 43.0 Å². The van der Waals surface area contributed by atoms with Crippen molar-refractivity contribution in [1.29, 1.82) is 0 Å². The third-order valence-electron chi connectivity index (χ3n) is 7.57. The maximum atomic E-state index is 13.5. The van der Waals surface area contributed by atoms with E-state index in [9.17, 15) is 14.7 Å². The van der Waals surface area contributed by atoms with E-state index in [-0.39, 0.29) is 12.0 Å². The van der Waals surface area contributed by atoms with Crippen LogP contribution in [0.3, 0.4) is 0 Å². The van der Waals surface area contributed by atoms with Crippen molar-refractivity contribution < 1.29 is 23.9 Å². The van der Waals surface area contributed by atoms with Gasteiger partial charge in [-0.25, -0.2) is 19.7 Å². The number of primary amides is 1. The van der Waals surface area contributed by atoms with Gasteiger partial charge in [0, 0.05) is 18.8 Å². The van der Waals surface area contributed by atoms with Gasteiger partial charge in [-0.2, -0.15) is 0 Å². The first kappa shape index (κ1) is 24.2. The number of ether oxygens (including phenoxy) is 1. The highest BCUT2D eigenvalue weighted by molar-refractivity contribution is 5.82. The molecule has 34 heavy (non-hydrogen) atoms. The van der Waals surface area contributed by atoms with E-state index < -0.39 is 23.5 Å². The summed E-state index contributed by atoms with van der Waals surface area (Å²) in [4.78, 5) is 37.9. The number of aromatic nitrogens is 3. The molecule has 0 spiro atoms. The molecule has 1 aliphatic heterocycles. The van der Waals surface area contributed by atoms with Crippen LogP contribution in [-0.4, -0.2) is 62.7 Å². The van der Waals surface area contributed by atoms with Crippen LogP contribution in [0.1, 0.15) is 62.4 Å². The van der Waals surface area contributed by atoms with E-state index in [1.807, 2.05) is 25.2 Å². The normalized spacial score (nSPS) is 26.2. The Bertz CT molecular complexity index is 975. The first-order valence-corrected chi connectivity index (χ1v) is 12.1. The van der Waals surface area contributed by atoms with Gasteiger partial charge in [-0.1, -0.05) is 49.6 Å². The maximum absolute atomic E-state index is 13.5. The average molecular weight is 469 g/mol. The molecule has 1 aromatic carbocycles. The second kappa shape index (κ2) is 10.1. The van der Waals surface area contributed by atoms with Crippen molar-refractivity contribution in [3.8, 4) is 0 Å². The summed E-state index contributed by atoms with van der Waals surface area (Å²) < 4.78 is 6.28. The molecule has 2 aliphatic rings. The lowest BCUT2D eigenvalue weighted by Gasteiger charge is -2.44. The van der Waals surface area contributed by atoms with Crippen LogP contribution >= 0.6 is 0 Å². The number of esters is 1. The molecule has 182 valence electrons. The molecule has 2 atom stereocenters. The van der Waals surface area contributed by atoms with Crippen molar-refractivity contribution >= 4 is 11.9 Å². The summed E-state index contributed by atoms with van der Waals surface area (Å²) in [6, 6.07) is 8.45. The smallest absolute Gasteiger partial charge is 0.343 e. The molecule has 9 nitrogen and oxygen atoms in total. The minimum absolute atomic E-state index is 0.163. The molecule has 9 heteroatoms. The third kappa shape index (κ3) is 4.81. The Morgan fingerprint density at radius 2 is 1.68 bits per heavy atom. The summed E-state index contributed by atoms with van der Waals surface area (Å²) in [7, 11) is 1.94. The maximum Gasteiger partial charge on any atom is 0.343 e. The highest BCUT2D eigenvalue weighted by atomic mass is 16.6. The van der Waals surface area contributed by atoms with Gasteiger partial charge in [0.15, 0.2) is 11.4 Å². The number of aliphatic hydroxyl groups is 1. The molecule has 2 aromatic rings. The number of carbonyl (C=O) groups is 2. The molecule has 1 aromatic heterocycles. The van der Waals surface area contributed by atoms with Crippen LogP contribution < -0.4 is 5.73 Å². The Morgan fingerprint density at radius 3 is 2.26 bits per heavy atom. The average Bonchev–Trinajstić information content (AvgIpc) is 2.86. The van der Waals surface area contributed by atoms with Crippen molar-refractivity contribution in [1.82, 2.24) is 15.0 Å². The number of benzene rings is 1. The number of rotatable bonds is 7. The lowest BCUT2D eigenvalue weighted by Crippen LogP contribution is -2.57. The van der Waals surface area contributed by atoms with Crippen molar-refractivity contribution in [2.24, 2.45) is 11.7 Å². The van der Waals surface area contributed by atoms with Crippen LogP contribution in [0.2, 0.25) is 0 Å². The number of amides is 1. The van der Waals surface area contributed by atoms with Gasteiger partial charge in [-0.05, 0) is 18.4 Å². The van der Waals surface area contributed by atoms with Gasteiger partial charge < -0.3 is 20.1 Å². The van der Waals surface area contributed by atoms with Crippen molar-refractivity contribution in [3.05, 3.63) is 54.4 Å². The Balaban J connectivity index is 1.48. The molecule has 1 aliphatic carbocycles. The van der Waals surface area contributed by atoms with Crippen LogP contribution in [0, 0.1) is 5.92 Å². The minimum atomic E-state index is -1.65. The van der Waals surface area contributed by atoms with Crippen LogP contribution in [0.25, 0.3) is 0 Å². The molecule has 1 saturated carbocycles. The Hall–Kier alpha value is -2.91. The van der Waals surface area contributed by atoms with E-state index in [2.05, 4.69) is 15.0 Å². The largest absolute Gasteiger partial charge is 0.460 e. The second-order valence-corrected chi connectivity index (χ2v) is 9.80. The summed E-state index contributed by atoms with van der Waals surface area (Å²) in [5.74, 6) is -0.893. The number of hydrogen-bond donors (Lipinski definition) is 2. The topological polar surface area (TPSA) is 128 Å². The standard InChI is InChI=1S/C25H33N5O4/c1-30(21(22(26)31)23-28-16-27-17-29-23)14-12-20(13-15-30)34-24(32)25(33,18-8-4-2-5-9-18)19-10-6-3-7-11-19/h2,4-5,8-9,16-17,19-21,33H,3,6-7,10-15H2,1H3,(H-,26,31)/p+1. The van der Waals surface area contributed by atoms with Crippen LogP contribution in [-0.2, 0) is 19.9 Å². The molecule has 2 heterocycles. The predicted octanol–water partition coefficient (Wildman–Crippen LogP) is 2.02. The Labute approximate surface area is 200 Å². The summed E-state index contributed by atoms with van der Waals surface area (Å²) in [6.45, 7) is 1.12. The fraction of sp³-hybridized carbons (Fsp3) is 0.560. The van der Waals surface area contributed by atoms with E-state index in [4.69, 9.17) is 10.5 Å². The molecule has 0 radical (unpaired) electrons. The molecule has 2 unspecified atom stereocenters. The zero-order chi connectivity index (χ0) is 24.2. The number of quaternary nitrogens is 1. The fourth-order valence-electron chi connectivity index (χ4n) is 5.59. The van der Waals surface area contributed by atoms with E-state index in [0.717, 1.165) is 32.1 Å². The van der Waals surface area contributed by atoms with E-state index >= 15 is 0 Å². The number of hydrogen-bond acceptors (Lipinski definition) is 7. The van der Waals surface area contributed by atoms with Crippen molar-refractivity contribution in [3.63, 3.8) is 0 Å². The Kier molecular flexibility index (Phi) is 7.23. The summed E-state index contributed by atoms with van der Waals surface area (Å²) >= 11 is 0. The number of nitrogens with zero attached hydrogens (tertiary/aromatic N) is 4. The highest BCUT2D eigenvalue weighted by Gasteiger charge is 2.49. The summed E-state index contributed by atoms with van der Waals surface area (Å²) in [5.41, 5.74) is 4.67. The van der Waals surface area contributed by atoms with Gasteiger partial charge >= 0.3 is 5.97 Å². The van der Waals surface area contributed by atoms with E-state index in [1.54, 1.807) is 12.1 Å². The zero-order valence-corrected chi connectivity index (χ0v) is 19.7. The van der Waals surface area contributed by atoms with Gasteiger partial charge in [0.2, 0.25) is 6.04 Å².